The van der Waals surface area contributed by atoms with Crippen molar-refractivity contribution in [3.8, 4) is 0 Å². The quantitative estimate of drug-likeness (QED) is 0.655. The van der Waals surface area contributed by atoms with Crippen molar-refractivity contribution in [3.63, 3.8) is 0 Å². The van der Waals surface area contributed by atoms with Crippen molar-refractivity contribution in [1.82, 2.24) is 0 Å². The first-order valence-corrected chi connectivity index (χ1v) is 8.34. The number of fused-ring (bicyclic) bond motifs is 2. The molecule has 1 fully saturated rings. The second kappa shape index (κ2) is 6.54. The number of amides is 1. The summed E-state index contributed by atoms with van der Waals surface area (Å²) in [4.78, 5) is 24.4. The zero-order valence-corrected chi connectivity index (χ0v) is 14.1. The molecular formula is C17H17Cl2NO3. The largest absolute Gasteiger partial charge is 0.452 e. The van der Waals surface area contributed by atoms with E-state index in [1.165, 1.54) is 0 Å². The third kappa shape index (κ3) is 3.70. The van der Waals surface area contributed by atoms with Crippen molar-refractivity contribution < 1.29 is 14.3 Å². The van der Waals surface area contributed by atoms with Gasteiger partial charge < -0.3 is 10.1 Å². The fourth-order valence-corrected chi connectivity index (χ4v) is 3.76. The molecule has 1 aromatic rings. The molecule has 2 aliphatic carbocycles. The summed E-state index contributed by atoms with van der Waals surface area (Å²) >= 11 is 11.8. The molecule has 1 amide bonds. The number of ether oxygens (including phenoxy) is 1. The summed E-state index contributed by atoms with van der Waals surface area (Å²) in [6, 6.07) is 4.74. The molecule has 4 unspecified atom stereocenters. The second-order valence-electron chi connectivity index (χ2n) is 6.11. The van der Waals surface area contributed by atoms with Gasteiger partial charge >= 0.3 is 5.97 Å². The standard InChI is InChI=1S/C17H17Cl2NO3/c1-9(16(21)20-14-7-12(18)6-13(19)8-14)23-17(22)15-5-10-2-3-11(15)4-10/h2-3,6-11,15H,4-5H2,1H3,(H,20,21). The predicted octanol–water partition coefficient (Wildman–Crippen LogP) is 4.08. The highest BCUT2D eigenvalue weighted by molar-refractivity contribution is 6.35. The van der Waals surface area contributed by atoms with E-state index < -0.39 is 12.0 Å². The van der Waals surface area contributed by atoms with Gasteiger partial charge in [0.05, 0.1) is 5.92 Å². The lowest BCUT2D eigenvalue weighted by Crippen LogP contribution is -2.33. The summed E-state index contributed by atoms with van der Waals surface area (Å²) in [5.74, 6) is -0.0883. The first kappa shape index (κ1) is 16.3. The zero-order chi connectivity index (χ0) is 16.6. The van der Waals surface area contributed by atoms with Crippen molar-refractivity contribution in [1.29, 1.82) is 0 Å². The smallest absolute Gasteiger partial charge is 0.310 e. The molecule has 6 heteroatoms. The molecule has 1 N–H and O–H groups in total. The highest BCUT2D eigenvalue weighted by Crippen LogP contribution is 2.44. The van der Waals surface area contributed by atoms with Gasteiger partial charge in [-0.15, -0.1) is 0 Å². The fraction of sp³-hybridized carbons (Fsp3) is 0.412. The van der Waals surface area contributed by atoms with Crippen LogP contribution < -0.4 is 5.32 Å². The topological polar surface area (TPSA) is 55.4 Å². The predicted molar refractivity (Wildman–Crippen MR) is 89.5 cm³/mol. The molecule has 1 aromatic carbocycles. The van der Waals surface area contributed by atoms with E-state index in [0.717, 1.165) is 12.8 Å². The normalized spacial score (nSPS) is 26.1. The number of rotatable bonds is 4. The van der Waals surface area contributed by atoms with Gasteiger partial charge in [-0.05, 0) is 49.8 Å². The van der Waals surface area contributed by atoms with Gasteiger partial charge in [0.15, 0.2) is 6.10 Å². The lowest BCUT2D eigenvalue weighted by molar-refractivity contribution is -0.158. The number of hydrogen-bond donors (Lipinski definition) is 1. The first-order valence-electron chi connectivity index (χ1n) is 7.58. The van der Waals surface area contributed by atoms with Crippen molar-refractivity contribution in [3.05, 3.63) is 40.4 Å². The molecule has 4 nitrogen and oxygen atoms in total. The molecule has 0 saturated heterocycles. The van der Waals surface area contributed by atoms with Crippen molar-refractivity contribution in [2.75, 3.05) is 5.32 Å². The monoisotopic (exact) mass is 353 g/mol. The molecule has 2 bridgehead atoms. The maximum absolute atomic E-state index is 12.2. The van der Waals surface area contributed by atoms with Crippen LogP contribution >= 0.6 is 23.2 Å². The highest BCUT2D eigenvalue weighted by Gasteiger charge is 2.41. The van der Waals surface area contributed by atoms with Crippen molar-refractivity contribution in [2.24, 2.45) is 17.8 Å². The Hall–Kier alpha value is -1.52. The molecule has 0 aliphatic heterocycles. The fourth-order valence-electron chi connectivity index (χ4n) is 3.24. The van der Waals surface area contributed by atoms with Gasteiger partial charge in [0.2, 0.25) is 0 Å². The molecule has 0 aromatic heterocycles. The van der Waals surface area contributed by atoms with Gasteiger partial charge in [0, 0.05) is 15.7 Å². The van der Waals surface area contributed by atoms with E-state index in [1.807, 2.05) is 0 Å². The molecule has 23 heavy (non-hydrogen) atoms. The van der Waals surface area contributed by atoms with E-state index >= 15 is 0 Å². The summed E-state index contributed by atoms with van der Waals surface area (Å²) in [5, 5.41) is 3.50. The number of nitrogens with one attached hydrogen (secondary N) is 1. The summed E-state index contributed by atoms with van der Waals surface area (Å²) in [6.45, 7) is 1.56. The number of hydrogen-bond acceptors (Lipinski definition) is 3. The van der Waals surface area contributed by atoms with Gasteiger partial charge in [-0.25, -0.2) is 0 Å². The zero-order valence-electron chi connectivity index (χ0n) is 12.6. The summed E-state index contributed by atoms with van der Waals surface area (Å²) in [7, 11) is 0. The molecule has 4 atom stereocenters. The van der Waals surface area contributed by atoms with E-state index in [-0.39, 0.29) is 17.8 Å². The maximum atomic E-state index is 12.2. The van der Waals surface area contributed by atoms with E-state index in [1.54, 1.807) is 25.1 Å². The average Bonchev–Trinajstić information content (AvgIpc) is 3.08. The van der Waals surface area contributed by atoms with E-state index in [4.69, 9.17) is 27.9 Å². The SMILES string of the molecule is CC(OC(=O)C1CC2C=CC1C2)C(=O)Nc1cc(Cl)cc(Cl)c1. The van der Waals surface area contributed by atoms with Crippen LogP contribution in [-0.4, -0.2) is 18.0 Å². The van der Waals surface area contributed by atoms with Crippen LogP contribution in [0.3, 0.4) is 0 Å². The number of carbonyl (C=O) groups is 2. The average molecular weight is 354 g/mol. The Morgan fingerprint density at radius 3 is 2.43 bits per heavy atom. The van der Waals surface area contributed by atoms with Crippen LogP contribution in [0.1, 0.15) is 19.8 Å². The Labute approximate surface area is 144 Å². The molecule has 0 spiro atoms. The number of allylic oxidation sites excluding steroid dienone is 2. The summed E-state index contributed by atoms with van der Waals surface area (Å²) in [6.07, 6.45) is 5.20. The van der Waals surface area contributed by atoms with Gasteiger partial charge in [-0.1, -0.05) is 35.4 Å². The van der Waals surface area contributed by atoms with Gasteiger partial charge in [0.25, 0.3) is 5.91 Å². The lowest BCUT2D eigenvalue weighted by Gasteiger charge is -2.20. The third-order valence-electron chi connectivity index (χ3n) is 4.37. The second-order valence-corrected chi connectivity index (χ2v) is 6.99. The lowest BCUT2D eigenvalue weighted by atomic mass is 9.94. The maximum Gasteiger partial charge on any atom is 0.310 e. The van der Waals surface area contributed by atoms with E-state index in [2.05, 4.69) is 17.5 Å². The van der Waals surface area contributed by atoms with Crippen LogP contribution in [0.15, 0.2) is 30.4 Å². The minimum atomic E-state index is -0.872. The van der Waals surface area contributed by atoms with Gasteiger partial charge in [-0.2, -0.15) is 0 Å². The number of anilines is 1. The number of halogens is 2. The number of esters is 1. The number of benzene rings is 1. The molecule has 0 radical (unpaired) electrons. The van der Waals surface area contributed by atoms with Crippen LogP contribution in [0, 0.1) is 17.8 Å². The Bertz CT molecular complexity index is 654. The van der Waals surface area contributed by atoms with Crippen LogP contribution in [0.4, 0.5) is 5.69 Å². The van der Waals surface area contributed by atoms with Crippen LogP contribution in [0.2, 0.25) is 10.0 Å². The Morgan fingerprint density at radius 2 is 1.87 bits per heavy atom. The van der Waals surface area contributed by atoms with Crippen molar-refractivity contribution in [2.45, 2.75) is 25.9 Å². The molecule has 0 heterocycles. The first-order chi connectivity index (χ1) is 10.9. The third-order valence-corrected chi connectivity index (χ3v) is 4.81. The Kier molecular flexibility index (Phi) is 4.64. The molecule has 3 rings (SSSR count). The van der Waals surface area contributed by atoms with Crippen LogP contribution in [0.5, 0.6) is 0 Å². The Balaban J connectivity index is 1.57. The highest BCUT2D eigenvalue weighted by atomic mass is 35.5. The molecule has 1 saturated carbocycles. The molecule has 2 aliphatic rings. The van der Waals surface area contributed by atoms with E-state index in [9.17, 15) is 9.59 Å². The van der Waals surface area contributed by atoms with Gasteiger partial charge in [-0.3, -0.25) is 9.59 Å². The summed E-state index contributed by atoms with van der Waals surface area (Å²) in [5.41, 5.74) is 0.471. The Morgan fingerprint density at radius 1 is 1.17 bits per heavy atom. The van der Waals surface area contributed by atoms with Crippen LogP contribution in [0.25, 0.3) is 0 Å². The van der Waals surface area contributed by atoms with E-state index in [0.29, 0.717) is 21.7 Å². The number of carbonyl (C=O) groups excluding carboxylic acids is 2. The molecule has 122 valence electrons. The summed E-state index contributed by atoms with van der Waals surface area (Å²) < 4.78 is 5.33. The minimum Gasteiger partial charge on any atom is -0.452 e. The minimum absolute atomic E-state index is 0.124. The van der Waals surface area contributed by atoms with Gasteiger partial charge in [0.1, 0.15) is 0 Å². The molecular weight excluding hydrogens is 337 g/mol. The van der Waals surface area contributed by atoms with Crippen molar-refractivity contribution >= 4 is 40.8 Å². The van der Waals surface area contributed by atoms with Crippen LogP contribution in [-0.2, 0) is 14.3 Å².